The molecule has 0 unspecified atom stereocenters. The van der Waals surface area contributed by atoms with Crippen molar-refractivity contribution >= 4 is 5.97 Å². The lowest BCUT2D eigenvalue weighted by atomic mass is 10.0. The Morgan fingerprint density at radius 3 is 2.65 bits per heavy atom. The number of carboxylic acid groups (broad SMARTS) is 1. The number of benzene rings is 2. The van der Waals surface area contributed by atoms with E-state index in [1.165, 1.54) is 6.07 Å². The van der Waals surface area contributed by atoms with Crippen LogP contribution in [0, 0.1) is 5.82 Å². The van der Waals surface area contributed by atoms with Crippen molar-refractivity contribution in [1.29, 1.82) is 0 Å². The Kier molecular flexibility index (Phi) is 5.42. The van der Waals surface area contributed by atoms with Crippen LogP contribution in [0.1, 0.15) is 30.0 Å². The monoisotopic (exact) mass is 359 g/mol. The molecule has 26 heavy (non-hydrogen) atoms. The number of likely N-dealkylation sites (tertiary alicyclic amines) is 1. The minimum absolute atomic E-state index is 0.0191. The number of halogens is 1. The van der Waals surface area contributed by atoms with Crippen molar-refractivity contribution in [3.63, 3.8) is 0 Å². The minimum atomic E-state index is -0.799. The van der Waals surface area contributed by atoms with Crippen LogP contribution in [-0.2, 0) is 11.4 Å². The van der Waals surface area contributed by atoms with E-state index in [9.17, 15) is 14.3 Å². The summed E-state index contributed by atoms with van der Waals surface area (Å²) < 4.78 is 24.9. The fourth-order valence-corrected chi connectivity index (χ4v) is 3.42. The van der Waals surface area contributed by atoms with Gasteiger partial charge in [0.2, 0.25) is 0 Å². The molecule has 2 aromatic rings. The van der Waals surface area contributed by atoms with E-state index in [-0.39, 0.29) is 18.5 Å². The first-order valence-electron chi connectivity index (χ1n) is 8.50. The highest BCUT2D eigenvalue weighted by Gasteiger charge is 2.36. The number of methoxy groups -OCH3 is 1. The number of hydrogen-bond acceptors (Lipinski definition) is 4. The van der Waals surface area contributed by atoms with E-state index in [0.29, 0.717) is 23.5 Å². The van der Waals surface area contributed by atoms with Crippen molar-refractivity contribution < 1.29 is 23.8 Å². The minimum Gasteiger partial charge on any atom is -0.493 e. The summed E-state index contributed by atoms with van der Waals surface area (Å²) in [7, 11) is 3.37. The zero-order chi connectivity index (χ0) is 18.7. The van der Waals surface area contributed by atoms with E-state index in [4.69, 9.17) is 9.47 Å². The summed E-state index contributed by atoms with van der Waals surface area (Å²) >= 11 is 0. The van der Waals surface area contributed by atoms with Gasteiger partial charge >= 0.3 is 5.97 Å². The zero-order valence-electron chi connectivity index (χ0n) is 14.8. The van der Waals surface area contributed by atoms with Crippen molar-refractivity contribution in [3.8, 4) is 11.5 Å². The number of nitrogens with zero attached hydrogens (tertiary/aromatic N) is 1. The largest absolute Gasteiger partial charge is 0.493 e. The molecule has 0 aliphatic carbocycles. The van der Waals surface area contributed by atoms with Gasteiger partial charge in [0.25, 0.3) is 0 Å². The average Bonchev–Trinajstić information content (AvgIpc) is 3.02. The third kappa shape index (κ3) is 3.65. The maximum absolute atomic E-state index is 13.7. The second kappa shape index (κ2) is 7.74. The Bertz CT molecular complexity index is 795. The highest BCUT2D eigenvalue weighted by atomic mass is 19.1. The number of ether oxygens (including phenoxy) is 2. The lowest BCUT2D eigenvalue weighted by molar-refractivity contribution is -0.142. The maximum atomic E-state index is 13.7. The summed E-state index contributed by atoms with van der Waals surface area (Å²) in [5.74, 6) is -0.0388. The van der Waals surface area contributed by atoms with Crippen molar-refractivity contribution in [2.24, 2.45) is 0 Å². The van der Waals surface area contributed by atoms with Crippen molar-refractivity contribution in [2.75, 3.05) is 14.2 Å². The Morgan fingerprint density at radius 1 is 1.23 bits per heavy atom. The Hall–Kier alpha value is -2.60. The van der Waals surface area contributed by atoms with Gasteiger partial charge in [-0.15, -0.1) is 0 Å². The molecule has 0 radical (unpaired) electrons. The first-order valence-corrected chi connectivity index (χ1v) is 8.50. The molecule has 1 N–H and O–H groups in total. The summed E-state index contributed by atoms with van der Waals surface area (Å²) in [4.78, 5) is 13.2. The first kappa shape index (κ1) is 18.2. The Labute approximate surface area is 152 Å². The van der Waals surface area contributed by atoms with Gasteiger partial charge in [0.15, 0.2) is 11.5 Å². The predicted molar refractivity (Wildman–Crippen MR) is 94.9 cm³/mol. The lowest BCUT2D eigenvalue weighted by Crippen LogP contribution is -2.34. The number of rotatable bonds is 6. The van der Waals surface area contributed by atoms with Gasteiger partial charge in [0, 0.05) is 11.6 Å². The average molecular weight is 359 g/mol. The van der Waals surface area contributed by atoms with Gasteiger partial charge in [-0.3, -0.25) is 9.69 Å². The van der Waals surface area contributed by atoms with Gasteiger partial charge in [-0.2, -0.15) is 0 Å². The lowest BCUT2D eigenvalue weighted by Gasteiger charge is -2.24. The van der Waals surface area contributed by atoms with Crippen LogP contribution in [0.2, 0.25) is 0 Å². The normalized spacial score (nSPS) is 20.1. The number of hydrogen-bond donors (Lipinski definition) is 1. The van der Waals surface area contributed by atoms with E-state index in [1.54, 1.807) is 31.4 Å². The standard InChI is InChI=1S/C20H22FNO4/c1-22-16(8-9-17(22)20(23)24)13-7-10-18(19(11-13)25-2)26-12-14-5-3-4-6-15(14)21/h3-7,10-11,16-17H,8-9,12H2,1-2H3,(H,23,24)/t16-,17+/m1/s1. The molecule has 0 bridgehead atoms. The van der Waals surface area contributed by atoms with Crippen molar-refractivity contribution in [3.05, 3.63) is 59.4 Å². The fourth-order valence-electron chi connectivity index (χ4n) is 3.42. The van der Waals surface area contributed by atoms with Crippen LogP contribution in [0.25, 0.3) is 0 Å². The first-order chi connectivity index (χ1) is 12.5. The van der Waals surface area contributed by atoms with Gasteiger partial charge in [0.05, 0.1) is 7.11 Å². The van der Waals surface area contributed by atoms with Gasteiger partial charge in [0.1, 0.15) is 18.5 Å². The van der Waals surface area contributed by atoms with E-state index in [2.05, 4.69) is 0 Å². The topological polar surface area (TPSA) is 59.0 Å². The number of carboxylic acids is 1. The molecule has 2 atom stereocenters. The molecule has 0 spiro atoms. The van der Waals surface area contributed by atoms with Gasteiger partial charge in [-0.05, 0) is 43.7 Å². The number of carbonyl (C=O) groups is 1. The molecule has 0 amide bonds. The van der Waals surface area contributed by atoms with E-state index in [0.717, 1.165) is 12.0 Å². The second-order valence-electron chi connectivity index (χ2n) is 6.40. The molecule has 1 fully saturated rings. The summed E-state index contributed by atoms with van der Waals surface area (Å²) in [6.07, 6.45) is 1.39. The highest BCUT2D eigenvalue weighted by molar-refractivity contribution is 5.74. The SMILES string of the molecule is COc1cc([C@H]2CC[C@@H](C(=O)O)N2C)ccc1OCc1ccccc1F. The molecule has 0 aromatic heterocycles. The van der Waals surface area contributed by atoms with Crippen molar-refractivity contribution in [2.45, 2.75) is 31.5 Å². The third-order valence-electron chi connectivity index (χ3n) is 4.90. The summed E-state index contributed by atoms with van der Waals surface area (Å²) in [5.41, 5.74) is 1.45. The maximum Gasteiger partial charge on any atom is 0.320 e. The van der Waals surface area contributed by atoms with Crippen LogP contribution < -0.4 is 9.47 Å². The van der Waals surface area contributed by atoms with Crippen LogP contribution in [0.5, 0.6) is 11.5 Å². The smallest absolute Gasteiger partial charge is 0.320 e. The van der Waals surface area contributed by atoms with Gasteiger partial charge < -0.3 is 14.6 Å². The third-order valence-corrected chi connectivity index (χ3v) is 4.90. The molecule has 2 aromatic carbocycles. The summed E-state index contributed by atoms with van der Waals surface area (Å²) in [6.45, 7) is 0.104. The zero-order valence-corrected chi connectivity index (χ0v) is 14.8. The molecular weight excluding hydrogens is 337 g/mol. The number of aliphatic carboxylic acids is 1. The molecule has 0 saturated carbocycles. The van der Waals surface area contributed by atoms with Crippen LogP contribution in [0.4, 0.5) is 4.39 Å². The second-order valence-corrected chi connectivity index (χ2v) is 6.40. The summed E-state index contributed by atoms with van der Waals surface area (Å²) in [5, 5.41) is 9.28. The van der Waals surface area contributed by atoms with Gasteiger partial charge in [-0.25, -0.2) is 4.39 Å². The molecule has 138 valence electrons. The highest BCUT2D eigenvalue weighted by Crippen LogP contribution is 2.38. The molecule has 1 heterocycles. The van der Waals surface area contributed by atoms with E-state index < -0.39 is 12.0 Å². The van der Waals surface area contributed by atoms with Crippen LogP contribution in [-0.4, -0.2) is 36.2 Å². The van der Waals surface area contributed by atoms with E-state index >= 15 is 0 Å². The Morgan fingerprint density at radius 2 is 2.00 bits per heavy atom. The number of likely N-dealkylation sites (N-methyl/N-ethyl adjacent to an activating group) is 1. The molecule has 1 saturated heterocycles. The quantitative estimate of drug-likeness (QED) is 0.853. The molecule has 1 aliphatic rings. The molecule has 6 heteroatoms. The molecule has 3 rings (SSSR count). The predicted octanol–water partition coefficient (Wildman–Crippen LogP) is 3.63. The van der Waals surface area contributed by atoms with E-state index in [1.807, 2.05) is 24.1 Å². The summed E-state index contributed by atoms with van der Waals surface area (Å²) in [6, 6.07) is 11.6. The fraction of sp³-hybridized carbons (Fsp3) is 0.350. The molecule has 1 aliphatic heterocycles. The molecular formula is C20H22FNO4. The van der Waals surface area contributed by atoms with Crippen LogP contribution >= 0.6 is 0 Å². The molecule has 5 nitrogen and oxygen atoms in total. The van der Waals surface area contributed by atoms with Gasteiger partial charge in [-0.1, -0.05) is 24.3 Å². The van der Waals surface area contributed by atoms with Crippen molar-refractivity contribution in [1.82, 2.24) is 4.90 Å². The van der Waals surface area contributed by atoms with Crippen LogP contribution in [0.3, 0.4) is 0 Å². The van der Waals surface area contributed by atoms with Crippen LogP contribution in [0.15, 0.2) is 42.5 Å². The Balaban J connectivity index is 1.76.